The van der Waals surface area contributed by atoms with Crippen LogP contribution in [0.5, 0.6) is 11.5 Å². The van der Waals surface area contributed by atoms with Gasteiger partial charge in [-0.05, 0) is 18.6 Å². The van der Waals surface area contributed by atoms with Gasteiger partial charge in [0.1, 0.15) is 16.9 Å². The van der Waals surface area contributed by atoms with Crippen molar-refractivity contribution in [3.63, 3.8) is 0 Å². The Morgan fingerprint density at radius 1 is 0.952 bits per heavy atom. The lowest BCUT2D eigenvalue weighted by molar-refractivity contribution is -0.142. The summed E-state index contributed by atoms with van der Waals surface area (Å²) < 4.78 is 0. The molecule has 0 aromatic heterocycles. The van der Waals surface area contributed by atoms with Crippen LogP contribution in [-0.4, -0.2) is 21.3 Å². The molecular weight excluding hydrogens is 268 g/mol. The van der Waals surface area contributed by atoms with E-state index in [0.717, 1.165) is 0 Å². The molecule has 0 bridgehead atoms. The highest BCUT2D eigenvalue weighted by molar-refractivity contribution is 5.88. The van der Waals surface area contributed by atoms with Gasteiger partial charge in [0.05, 0.1) is 0 Å². The maximum Gasteiger partial charge on any atom is 0.318 e. The van der Waals surface area contributed by atoms with Crippen molar-refractivity contribution in [3.8, 4) is 11.5 Å². The van der Waals surface area contributed by atoms with E-state index in [9.17, 15) is 20.1 Å². The number of benzene rings is 2. The molecule has 0 fully saturated rings. The Balaban J connectivity index is 2.80. The van der Waals surface area contributed by atoms with E-state index >= 15 is 0 Å². The summed E-state index contributed by atoms with van der Waals surface area (Å²) in [4.78, 5) is 12.1. The van der Waals surface area contributed by atoms with Crippen LogP contribution in [0.3, 0.4) is 0 Å². The van der Waals surface area contributed by atoms with Crippen molar-refractivity contribution >= 4 is 5.97 Å². The first-order valence-corrected chi connectivity index (χ1v) is 6.84. The fraction of sp³-hybridized carbons (Fsp3) is 0.235. The third kappa shape index (κ3) is 2.44. The van der Waals surface area contributed by atoms with Crippen molar-refractivity contribution in [1.82, 2.24) is 0 Å². The highest BCUT2D eigenvalue weighted by Crippen LogP contribution is 2.44. The van der Waals surface area contributed by atoms with E-state index in [0.29, 0.717) is 17.5 Å². The zero-order valence-corrected chi connectivity index (χ0v) is 11.8. The van der Waals surface area contributed by atoms with Crippen LogP contribution in [0, 0.1) is 0 Å². The third-order valence-corrected chi connectivity index (χ3v) is 3.72. The molecule has 0 atom stereocenters. The molecule has 0 amide bonds. The molecule has 3 N–H and O–H groups in total. The van der Waals surface area contributed by atoms with Gasteiger partial charge >= 0.3 is 5.97 Å². The minimum absolute atomic E-state index is 0.0865. The lowest BCUT2D eigenvalue weighted by Gasteiger charge is -2.31. The van der Waals surface area contributed by atoms with E-state index in [1.165, 1.54) is 12.1 Å². The Hall–Kier alpha value is -2.49. The van der Waals surface area contributed by atoms with Gasteiger partial charge in [-0.1, -0.05) is 49.7 Å². The number of carboxylic acid groups (broad SMARTS) is 1. The fourth-order valence-corrected chi connectivity index (χ4v) is 2.80. The van der Waals surface area contributed by atoms with Crippen molar-refractivity contribution in [1.29, 1.82) is 0 Å². The first-order valence-electron chi connectivity index (χ1n) is 6.84. The smallest absolute Gasteiger partial charge is 0.318 e. The SMILES string of the molecule is CCCC(C(=O)O)(c1ccccc1O)c1ccccc1O. The van der Waals surface area contributed by atoms with Crippen LogP contribution in [0.25, 0.3) is 0 Å². The Morgan fingerprint density at radius 2 is 1.38 bits per heavy atom. The predicted octanol–water partition coefficient (Wildman–Crippen LogP) is 3.27. The topological polar surface area (TPSA) is 77.8 Å². The average molecular weight is 286 g/mol. The van der Waals surface area contributed by atoms with E-state index in [1.807, 2.05) is 6.92 Å². The van der Waals surface area contributed by atoms with Crippen LogP contribution < -0.4 is 0 Å². The van der Waals surface area contributed by atoms with E-state index in [2.05, 4.69) is 0 Å². The van der Waals surface area contributed by atoms with Gasteiger partial charge in [0, 0.05) is 11.1 Å². The summed E-state index contributed by atoms with van der Waals surface area (Å²) in [6.45, 7) is 1.87. The lowest BCUT2D eigenvalue weighted by Crippen LogP contribution is -2.37. The Morgan fingerprint density at radius 3 is 1.71 bits per heavy atom. The Bertz CT molecular complexity index is 603. The minimum Gasteiger partial charge on any atom is -0.508 e. The molecule has 0 heterocycles. The maximum absolute atomic E-state index is 12.1. The van der Waals surface area contributed by atoms with Gasteiger partial charge in [0.2, 0.25) is 0 Å². The van der Waals surface area contributed by atoms with Crippen LogP contribution in [-0.2, 0) is 10.2 Å². The Labute approximate surface area is 123 Å². The first-order chi connectivity index (χ1) is 10.0. The summed E-state index contributed by atoms with van der Waals surface area (Å²) in [5.41, 5.74) is -0.882. The molecule has 0 aliphatic rings. The van der Waals surface area contributed by atoms with Crippen LogP contribution in [0.4, 0.5) is 0 Å². The Kier molecular flexibility index (Phi) is 4.17. The molecule has 2 aromatic rings. The van der Waals surface area contributed by atoms with Crippen LogP contribution in [0.15, 0.2) is 48.5 Å². The summed E-state index contributed by atoms with van der Waals surface area (Å²) >= 11 is 0. The van der Waals surface area contributed by atoms with Gasteiger partial charge in [0.15, 0.2) is 0 Å². The largest absolute Gasteiger partial charge is 0.508 e. The normalized spacial score (nSPS) is 11.3. The third-order valence-electron chi connectivity index (χ3n) is 3.72. The zero-order chi connectivity index (χ0) is 15.5. The molecule has 4 nitrogen and oxygen atoms in total. The second-order valence-corrected chi connectivity index (χ2v) is 4.99. The zero-order valence-electron chi connectivity index (χ0n) is 11.8. The number of aliphatic carboxylic acids is 1. The molecule has 0 aliphatic carbocycles. The van der Waals surface area contributed by atoms with Crippen molar-refractivity contribution < 1.29 is 20.1 Å². The van der Waals surface area contributed by atoms with Gasteiger partial charge in [0.25, 0.3) is 0 Å². The number of phenols is 2. The lowest BCUT2D eigenvalue weighted by atomic mass is 9.70. The number of phenolic OH excluding ortho intramolecular Hbond substituents is 2. The molecular formula is C17H18O4. The second-order valence-electron chi connectivity index (χ2n) is 4.99. The van der Waals surface area contributed by atoms with E-state index in [-0.39, 0.29) is 17.9 Å². The van der Waals surface area contributed by atoms with Crippen LogP contribution in [0.2, 0.25) is 0 Å². The van der Waals surface area contributed by atoms with Gasteiger partial charge in [-0.3, -0.25) is 4.79 Å². The van der Waals surface area contributed by atoms with Crippen LogP contribution in [0.1, 0.15) is 30.9 Å². The molecule has 0 spiro atoms. The van der Waals surface area contributed by atoms with Gasteiger partial charge in [-0.2, -0.15) is 0 Å². The number of hydrogen-bond acceptors (Lipinski definition) is 3. The molecule has 110 valence electrons. The summed E-state index contributed by atoms with van der Waals surface area (Å²) in [6, 6.07) is 12.7. The summed E-state index contributed by atoms with van der Waals surface area (Å²) in [5.74, 6) is -1.26. The van der Waals surface area contributed by atoms with E-state index in [4.69, 9.17) is 0 Å². The number of carbonyl (C=O) groups is 1. The molecule has 21 heavy (non-hydrogen) atoms. The van der Waals surface area contributed by atoms with Crippen molar-refractivity contribution in [3.05, 3.63) is 59.7 Å². The molecule has 0 aliphatic heterocycles. The van der Waals surface area contributed by atoms with Gasteiger partial charge in [-0.15, -0.1) is 0 Å². The number of para-hydroxylation sites is 2. The molecule has 2 rings (SSSR count). The fourth-order valence-electron chi connectivity index (χ4n) is 2.80. The molecule has 0 saturated heterocycles. The minimum atomic E-state index is -1.47. The highest BCUT2D eigenvalue weighted by Gasteiger charge is 2.44. The van der Waals surface area contributed by atoms with Crippen molar-refractivity contribution in [2.24, 2.45) is 0 Å². The first kappa shape index (κ1) is 14.9. The van der Waals surface area contributed by atoms with E-state index < -0.39 is 11.4 Å². The van der Waals surface area contributed by atoms with Gasteiger partial charge in [-0.25, -0.2) is 0 Å². The second kappa shape index (κ2) is 5.87. The number of rotatable bonds is 5. The summed E-state index contributed by atoms with van der Waals surface area (Å²) in [7, 11) is 0. The molecule has 4 heteroatoms. The highest BCUT2D eigenvalue weighted by atomic mass is 16.4. The maximum atomic E-state index is 12.1. The van der Waals surface area contributed by atoms with Crippen molar-refractivity contribution in [2.45, 2.75) is 25.2 Å². The number of hydrogen-bond donors (Lipinski definition) is 3. The average Bonchev–Trinajstić information content (AvgIpc) is 2.46. The molecule has 0 unspecified atom stereocenters. The standard InChI is InChI=1S/C17H18O4/c1-2-11-17(16(20)21,12-7-3-5-9-14(12)18)13-8-4-6-10-15(13)19/h3-10,18-19H,2,11H2,1H3,(H,20,21). The molecule has 0 saturated carbocycles. The quantitative estimate of drug-likeness (QED) is 0.788. The monoisotopic (exact) mass is 286 g/mol. The van der Waals surface area contributed by atoms with Crippen LogP contribution >= 0.6 is 0 Å². The van der Waals surface area contributed by atoms with Crippen molar-refractivity contribution in [2.75, 3.05) is 0 Å². The predicted molar refractivity (Wildman–Crippen MR) is 79.5 cm³/mol. The number of carboxylic acids is 1. The number of aromatic hydroxyl groups is 2. The molecule has 2 aromatic carbocycles. The summed E-state index contributed by atoms with van der Waals surface area (Å²) in [5, 5.41) is 30.1. The summed E-state index contributed by atoms with van der Waals surface area (Å²) in [6.07, 6.45) is 0.868. The van der Waals surface area contributed by atoms with E-state index in [1.54, 1.807) is 36.4 Å². The molecule has 0 radical (unpaired) electrons. The van der Waals surface area contributed by atoms with Gasteiger partial charge < -0.3 is 15.3 Å².